The Hall–Kier alpha value is -5.49. The average Bonchev–Trinajstić information content (AvgIpc) is 3.53. The van der Waals surface area contributed by atoms with Gasteiger partial charge in [0.1, 0.15) is 23.5 Å². The monoisotopic (exact) mass is 499 g/mol. The Morgan fingerprint density at radius 2 is 1.66 bits per heavy atom. The molecule has 0 unspecified atom stereocenters. The van der Waals surface area contributed by atoms with Crippen LogP contribution in [0.2, 0.25) is 0 Å². The first-order valence-electron chi connectivity index (χ1n) is 11.7. The number of ether oxygens (including phenoxy) is 1. The van der Waals surface area contributed by atoms with Gasteiger partial charge in [0.2, 0.25) is 0 Å². The van der Waals surface area contributed by atoms with E-state index in [9.17, 15) is 0 Å². The number of oxazole rings is 1. The molecule has 9 nitrogen and oxygen atoms in total. The summed E-state index contributed by atoms with van der Waals surface area (Å²) in [6.07, 6.45) is 10.1. The van der Waals surface area contributed by atoms with Crippen LogP contribution in [-0.2, 0) is 7.05 Å². The van der Waals surface area contributed by atoms with Gasteiger partial charge < -0.3 is 19.5 Å². The van der Waals surface area contributed by atoms with Crippen LogP contribution in [0.15, 0.2) is 77.7 Å². The van der Waals surface area contributed by atoms with E-state index in [-0.39, 0.29) is 5.89 Å². The van der Waals surface area contributed by atoms with Crippen LogP contribution >= 0.6 is 0 Å². The van der Waals surface area contributed by atoms with Gasteiger partial charge in [-0.3, -0.25) is 0 Å². The van der Waals surface area contributed by atoms with Crippen LogP contribution in [-0.4, -0.2) is 29.5 Å². The number of nitrogens with two attached hydrogens (primary N) is 1. The normalized spacial score (nSPS) is 11.0. The number of aromatic nitrogens is 6. The molecule has 0 aliphatic heterocycles. The molecule has 4 heterocycles. The number of rotatable bonds is 5. The zero-order valence-electron chi connectivity index (χ0n) is 20.6. The molecule has 2 N–H and O–H groups in total. The Balaban J connectivity index is 1.44. The quantitative estimate of drug-likeness (QED) is 0.313. The van der Waals surface area contributed by atoms with E-state index in [1.54, 1.807) is 12.4 Å². The topological polar surface area (TPSA) is 118 Å². The standard InChI is InChI=1S/C29H21N7O2/c1-4-23-32-15-22(38-23)18-5-7-20(8-6-18)26-24(25-27(30)33-16-34-28(25)36(26)3)19-9-11-21(12-10-19)37-29-31-14-13-17(2)35-29/h1,5-16H,2-3H3,(H2,30,33,34). The Labute approximate surface area is 218 Å². The van der Waals surface area contributed by atoms with Crippen LogP contribution < -0.4 is 10.5 Å². The van der Waals surface area contributed by atoms with Gasteiger partial charge in [-0.25, -0.2) is 24.9 Å². The zero-order valence-corrected chi connectivity index (χ0v) is 20.6. The lowest BCUT2D eigenvalue weighted by molar-refractivity contribution is 0.440. The van der Waals surface area contributed by atoms with Crippen LogP contribution in [0.3, 0.4) is 0 Å². The third kappa shape index (κ3) is 4.00. The first-order valence-corrected chi connectivity index (χ1v) is 11.7. The van der Waals surface area contributed by atoms with Crippen LogP contribution in [0.5, 0.6) is 11.8 Å². The average molecular weight is 500 g/mol. The number of nitrogen functional groups attached to an aromatic ring is 1. The fourth-order valence-corrected chi connectivity index (χ4v) is 4.43. The van der Waals surface area contributed by atoms with Gasteiger partial charge in [0, 0.05) is 30.1 Å². The zero-order chi connectivity index (χ0) is 26.2. The van der Waals surface area contributed by atoms with Crippen LogP contribution in [0.1, 0.15) is 11.6 Å². The predicted octanol–water partition coefficient (Wildman–Crippen LogP) is 5.41. The molecule has 0 atom stereocenters. The Bertz CT molecular complexity index is 1830. The molecular formula is C29H21N7O2. The minimum absolute atomic E-state index is 0.246. The number of nitrogens with zero attached hydrogens (tertiary/aromatic N) is 6. The van der Waals surface area contributed by atoms with Crippen molar-refractivity contribution in [1.29, 1.82) is 0 Å². The highest BCUT2D eigenvalue weighted by Gasteiger charge is 2.22. The molecule has 0 saturated heterocycles. The van der Waals surface area contributed by atoms with E-state index >= 15 is 0 Å². The maximum absolute atomic E-state index is 6.38. The van der Waals surface area contributed by atoms with Crippen molar-refractivity contribution in [3.63, 3.8) is 0 Å². The van der Waals surface area contributed by atoms with Gasteiger partial charge in [0.25, 0.3) is 5.89 Å². The molecule has 38 heavy (non-hydrogen) atoms. The summed E-state index contributed by atoms with van der Waals surface area (Å²) in [4.78, 5) is 21.3. The summed E-state index contributed by atoms with van der Waals surface area (Å²) in [6.45, 7) is 1.89. The largest absolute Gasteiger partial charge is 0.430 e. The smallest absolute Gasteiger partial charge is 0.322 e. The van der Waals surface area contributed by atoms with E-state index in [0.29, 0.717) is 23.3 Å². The van der Waals surface area contributed by atoms with Crippen LogP contribution in [0.4, 0.5) is 5.82 Å². The molecule has 184 valence electrons. The molecule has 9 heteroatoms. The molecule has 0 amide bonds. The van der Waals surface area contributed by atoms with Crippen molar-refractivity contribution in [2.75, 3.05) is 5.73 Å². The van der Waals surface area contributed by atoms with Crippen molar-refractivity contribution in [2.24, 2.45) is 7.05 Å². The molecule has 0 spiro atoms. The molecule has 6 rings (SSSR count). The van der Waals surface area contributed by atoms with E-state index in [1.807, 2.05) is 73.1 Å². The summed E-state index contributed by atoms with van der Waals surface area (Å²) in [6, 6.07) is 17.8. The number of fused-ring (bicyclic) bond motifs is 1. The summed E-state index contributed by atoms with van der Waals surface area (Å²) in [5.41, 5.74) is 12.6. The van der Waals surface area contributed by atoms with Gasteiger partial charge in [-0.15, -0.1) is 6.42 Å². The van der Waals surface area contributed by atoms with Crippen molar-refractivity contribution >= 4 is 16.9 Å². The SMILES string of the molecule is C#Cc1ncc(-c2ccc(-c3c(-c4ccc(Oc5nccc(C)n5)cc4)c4c(N)ncnc4n3C)cc2)o1. The number of anilines is 1. The van der Waals surface area contributed by atoms with Crippen molar-refractivity contribution < 1.29 is 9.15 Å². The van der Waals surface area contributed by atoms with Gasteiger partial charge in [-0.05, 0) is 42.2 Å². The lowest BCUT2D eigenvalue weighted by Crippen LogP contribution is -1.95. The summed E-state index contributed by atoms with van der Waals surface area (Å²) in [5.74, 6) is 4.28. The molecular weight excluding hydrogens is 478 g/mol. The molecule has 0 saturated carbocycles. The van der Waals surface area contributed by atoms with E-state index in [2.05, 4.69) is 30.8 Å². The first-order chi connectivity index (χ1) is 18.5. The van der Waals surface area contributed by atoms with E-state index < -0.39 is 0 Å². The van der Waals surface area contributed by atoms with Crippen molar-refractivity contribution in [3.8, 4) is 57.8 Å². The summed E-state index contributed by atoms with van der Waals surface area (Å²) < 4.78 is 13.5. The summed E-state index contributed by atoms with van der Waals surface area (Å²) in [7, 11) is 1.96. The lowest BCUT2D eigenvalue weighted by atomic mass is 9.98. The number of hydrogen-bond donors (Lipinski definition) is 1. The lowest BCUT2D eigenvalue weighted by Gasteiger charge is -2.10. The van der Waals surface area contributed by atoms with Crippen LogP contribution in [0.25, 0.3) is 44.7 Å². The number of hydrogen-bond acceptors (Lipinski definition) is 8. The van der Waals surface area contributed by atoms with Gasteiger partial charge in [0.05, 0.1) is 17.3 Å². The molecule has 4 aromatic heterocycles. The van der Waals surface area contributed by atoms with Gasteiger partial charge in [-0.1, -0.05) is 36.4 Å². The second-order valence-electron chi connectivity index (χ2n) is 8.60. The van der Waals surface area contributed by atoms with Crippen molar-refractivity contribution in [3.05, 3.63) is 84.9 Å². The van der Waals surface area contributed by atoms with E-state index in [4.69, 9.17) is 21.3 Å². The maximum Gasteiger partial charge on any atom is 0.322 e. The Morgan fingerprint density at radius 1 is 0.921 bits per heavy atom. The Kier molecular flexibility index (Phi) is 5.55. The number of aryl methyl sites for hydroxylation is 2. The van der Waals surface area contributed by atoms with Crippen LogP contribution in [0, 0.1) is 19.3 Å². The minimum atomic E-state index is 0.246. The molecule has 0 aliphatic carbocycles. The fraction of sp³-hybridized carbons (Fsp3) is 0.0690. The van der Waals surface area contributed by atoms with Gasteiger partial charge >= 0.3 is 6.01 Å². The number of terminal acetylenes is 1. The highest BCUT2D eigenvalue weighted by molar-refractivity contribution is 6.07. The third-order valence-electron chi connectivity index (χ3n) is 6.19. The molecule has 0 radical (unpaired) electrons. The molecule has 0 fully saturated rings. The van der Waals surface area contributed by atoms with Crippen molar-refractivity contribution in [2.45, 2.75) is 6.92 Å². The second kappa shape index (κ2) is 9.19. The minimum Gasteiger partial charge on any atom is -0.430 e. The van der Waals surface area contributed by atoms with Crippen molar-refractivity contribution in [1.82, 2.24) is 29.5 Å². The summed E-state index contributed by atoms with van der Waals surface area (Å²) >= 11 is 0. The molecule has 6 aromatic rings. The second-order valence-corrected chi connectivity index (χ2v) is 8.60. The van der Waals surface area contributed by atoms with Gasteiger partial charge in [-0.2, -0.15) is 0 Å². The van der Waals surface area contributed by atoms with E-state index in [1.165, 1.54) is 6.33 Å². The predicted molar refractivity (Wildman–Crippen MR) is 144 cm³/mol. The van der Waals surface area contributed by atoms with Gasteiger partial charge in [0.15, 0.2) is 5.76 Å². The number of benzene rings is 2. The fourth-order valence-electron chi connectivity index (χ4n) is 4.43. The highest BCUT2D eigenvalue weighted by Crippen LogP contribution is 2.42. The first kappa shape index (κ1) is 22.9. The third-order valence-corrected chi connectivity index (χ3v) is 6.19. The maximum atomic E-state index is 6.38. The molecule has 2 aromatic carbocycles. The molecule has 0 bridgehead atoms. The highest BCUT2D eigenvalue weighted by atomic mass is 16.5. The van der Waals surface area contributed by atoms with E-state index in [0.717, 1.165) is 44.7 Å². The summed E-state index contributed by atoms with van der Waals surface area (Å²) in [5, 5.41) is 0.777. The molecule has 0 aliphatic rings. The Morgan fingerprint density at radius 3 is 2.37 bits per heavy atom.